The Bertz CT molecular complexity index is 356. The van der Waals surface area contributed by atoms with Crippen LogP contribution in [0.15, 0.2) is 0 Å². The summed E-state index contributed by atoms with van der Waals surface area (Å²) in [5, 5.41) is 3.33. The Kier molecular flexibility index (Phi) is 4.10. The zero-order valence-electron chi connectivity index (χ0n) is 10.9. The van der Waals surface area contributed by atoms with Gasteiger partial charge in [0.25, 0.3) is 0 Å². The quantitative estimate of drug-likeness (QED) is 0.791. The Morgan fingerprint density at radius 3 is 2.71 bits per heavy atom. The highest BCUT2D eigenvalue weighted by Gasteiger charge is 2.33. The second-order valence-electron chi connectivity index (χ2n) is 5.62. The van der Waals surface area contributed by atoms with Crippen LogP contribution in [-0.2, 0) is 9.84 Å². The molecule has 2 fully saturated rings. The Balaban J connectivity index is 1.97. The van der Waals surface area contributed by atoms with Crippen LogP contribution < -0.4 is 5.32 Å². The van der Waals surface area contributed by atoms with Crippen molar-refractivity contribution in [2.45, 2.75) is 49.9 Å². The molecule has 0 spiro atoms. The molecule has 5 heteroatoms. The average molecular weight is 260 g/mol. The molecule has 17 heavy (non-hydrogen) atoms. The summed E-state index contributed by atoms with van der Waals surface area (Å²) in [5.41, 5.74) is 0. The highest BCUT2D eigenvalue weighted by molar-refractivity contribution is 7.91. The number of sulfone groups is 1. The van der Waals surface area contributed by atoms with Crippen molar-refractivity contribution in [1.82, 2.24) is 10.2 Å². The highest BCUT2D eigenvalue weighted by atomic mass is 32.2. The summed E-state index contributed by atoms with van der Waals surface area (Å²) >= 11 is 0. The lowest BCUT2D eigenvalue weighted by molar-refractivity contribution is 0.120. The SMILES string of the molecule is C[C@@H]1CN(C2CCCC(S(C)(=O)=O)C2)CCN1. The number of rotatable bonds is 2. The lowest BCUT2D eigenvalue weighted by atomic mass is 9.93. The molecule has 1 aliphatic heterocycles. The van der Waals surface area contributed by atoms with Crippen molar-refractivity contribution < 1.29 is 8.42 Å². The molecule has 1 saturated heterocycles. The third-order valence-electron chi connectivity index (χ3n) is 4.12. The van der Waals surface area contributed by atoms with E-state index in [1.54, 1.807) is 0 Å². The molecule has 4 nitrogen and oxygen atoms in total. The third kappa shape index (κ3) is 3.42. The second-order valence-corrected chi connectivity index (χ2v) is 7.95. The Hall–Kier alpha value is -0.130. The molecule has 100 valence electrons. The normalized spacial score (nSPS) is 36.9. The molecular formula is C12H24N2O2S. The predicted octanol–water partition coefficient (Wildman–Crippen LogP) is 0.636. The van der Waals surface area contributed by atoms with Crippen molar-refractivity contribution in [3.8, 4) is 0 Å². The van der Waals surface area contributed by atoms with Gasteiger partial charge >= 0.3 is 0 Å². The monoisotopic (exact) mass is 260 g/mol. The maximum Gasteiger partial charge on any atom is 0.150 e. The van der Waals surface area contributed by atoms with Gasteiger partial charge in [0.15, 0.2) is 0 Å². The van der Waals surface area contributed by atoms with Gasteiger partial charge in [-0.25, -0.2) is 8.42 Å². The molecule has 0 radical (unpaired) electrons. The van der Waals surface area contributed by atoms with Crippen LogP contribution in [0, 0.1) is 0 Å². The summed E-state index contributed by atoms with van der Waals surface area (Å²) in [6, 6.07) is 1.01. The zero-order chi connectivity index (χ0) is 12.5. The Morgan fingerprint density at radius 2 is 2.06 bits per heavy atom. The fraction of sp³-hybridized carbons (Fsp3) is 1.00. The van der Waals surface area contributed by atoms with Crippen LogP contribution >= 0.6 is 0 Å². The number of piperazine rings is 1. The number of nitrogens with one attached hydrogen (secondary N) is 1. The summed E-state index contributed by atoms with van der Waals surface area (Å²) < 4.78 is 23.3. The first-order valence-corrected chi connectivity index (χ1v) is 8.58. The topological polar surface area (TPSA) is 49.4 Å². The number of hydrogen-bond acceptors (Lipinski definition) is 4. The fourth-order valence-electron chi connectivity index (χ4n) is 3.13. The highest BCUT2D eigenvalue weighted by Crippen LogP contribution is 2.27. The van der Waals surface area contributed by atoms with Crippen molar-refractivity contribution in [2.24, 2.45) is 0 Å². The van der Waals surface area contributed by atoms with Gasteiger partial charge in [0.05, 0.1) is 5.25 Å². The molecular weight excluding hydrogens is 236 g/mol. The first-order chi connectivity index (χ1) is 7.97. The minimum atomic E-state index is -2.85. The molecule has 1 saturated carbocycles. The van der Waals surface area contributed by atoms with Crippen LogP contribution in [0.25, 0.3) is 0 Å². The Morgan fingerprint density at radius 1 is 1.29 bits per heavy atom. The van der Waals surface area contributed by atoms with Crippen LogP contribution in [0.4, 0.5) is 0 Å². The van der Waals surface area contributed by atoms with Crippen molar-refractivity contribution in [1.29, 1.82) is 0 Å². The van der Waals surface area contributed by atoms with Gasteiger partial charge in [-0.2, -0.15) is 0 Å². The van der Waals surface area contributed by atoms with Crippen LogP contribution in [0.1, 0.15) is 32.6 Å². The lowest BCUT2D eigenvalue weighted by Gasteiger charge is -2.41. The Labute approximate surface area is 105 Å². The van der Waals surface area contributed by atoms with Gasteiger partial charge < -0.3 is 5.32 Å². The van der Waals surface area contributed by atoms with Gasteiger partial charge in [-0.3, -0.25) is 4.90 Å². The van der Waals surface area contributed by atoms with E-state index in [0.29, 0.717) is 12.1 Å². The van der Waals surface area contributed by atoms with Gasteiger partial charge in [0, 0.05) is 38.0 Å². The molecule has 2 rings (SSSR count). The molecule has 2 unspecified atom stereocenters. The maximum atomic E-state index is 11.6. The van der Waals surface area contributed by atoms with E-state index < -0.39 is 9.84 Å². The summed E-state index contributed by atoms with van der Waals surface area (Å²) in [6.45, 7) is 5.34. The van der Waals surface area contributed by atoms with E-state index in [0.717, 1.165) is 38.9 Å². The molecule has 3 atom stereocenters. The smallest absolute Gasteiger partial charge is 0.150 e. The molecule has 2 aliphatic rings. The molecule has 0 bridgehead atoms. The van der Waals surface area contributed by atoms with Crippen LogP contribution in [0.5, 0.6) is 0 Å². The lowest BCUT2D eigenvalue weighted by Crippen LogP contribution is -2.54. The molecule has 0 aromatic heterocycles. The molecule has 0 aromatic carbocycles. The second kappa shape index (κ2) is 5.24. The molecule has 1 heterocycles. The standard InChI is InChI=1S/C12H24N2O2S/c1-10-9-14(7-6-13-10)11-4-3-5-12(8-11)17(2,15)16/h10-13H,3-9H2,1-2H3/t10-,11?,12?/m1/s1. The number of hydrogen-bond donors (Lipinski definition) is 1. The van der Waals surface area contributed by atoms with Crippen LogP contribution in [0.3, 0.4) is 0 Å². The van der Waals surface area contributed by atoms with Crippen molar-refractivity contribution in [2.75, 3.05) is 25.9 Å². The van der Waals surface area contributed by atoms with Crippen LogP contribution in [0.2, 0.25) is 0 Å². The van der Waals surface area contributed by atoms with Crippen molar-refractivity contribution in [3.63, 3.8) is 0 Å². The molecule has 1 N–H and O–H groups in total. The fourth-order valence-corrected chi connectivity index (χ4v) is 4.30. The zero-order valence-corrected chi connectivity index (χ0v) is 11.7. The first kappa shape index (κ1) is 13.3. The van der Waals surface area contributed by atoms with Gasteiger partial charge in [0.1, 0.15) is 9.84 Å². The first-order valence-electron chi connectivity index (χ1n) is 6.63. The van der Waals surface area contributed by atoms with E-state index in [4.69, 9.17) is 0 Å². The molecule has 0 amide bonds. The maximum absolute atomic E-state index is 11.6. The van der Waals surface area contributed by atoms with Gasteiger partial charge in [0.2, 0.25) is 0 Å². The molecule has 1 aliphatic carbocycles. The van der Waals surface area contributed by atoms with E-state index >= 15 is 0 Å². The number of nitrogens with zero attached hydrogens (tertiary/aromatic N) is 1. The van der Waals surface area contributed by atoms with Crippen molar-refractivity contribution >= 4 is 9.84 Å². The predicted molar refractivity (Wildman–Crippen MR) is 69.9 cm³/mol. The minimum Gasteiger partial charge on any atom is -0.312 e. The van der Waals surface area contributed by atoms with Gasteiger partial charge in [-0.05, 0) is 26.2 Å². The van der Waals surface area contributed by atoms with E-state index in [1.165, 1.54) is 12.7 Å². The van der Waals surface area contributed by atoms with E-state index in [2.05, 4.69) is 17.1 Å². The van der Waals surface area contributed by atoms with Gasteiger partial charge in [-0.1, -0.05) is 6.42 Å². The summed E-state index contributed by atoms with van der Waals surface area (Å²) in [4.78, 5) is 2.48. The van der Waals surface area contributed by atoms with Gasteiger partial charge in [-0.15, -0.1) is 0 Å². The molecule has 0 aromatic rings. The summed E-state index contributed by atoms with van der Waals surface area (Å²) in [5.74, 6) is 0. The summed E-state index contributed by atoms with van der Waals surface area (Å²) in [7, 11) is -2.85. The average Bonchev–Trinajstić information content (AvgIpc) is 2.28. The largest absolute Gasteiger partial charge is 0.312 e. The minimum absolute atomic E-state index is 0.105. The van der Waals surface area contributed by atoms with Crippen LogP contribution in [-0.4, -0.2) is 56.5 Å². The third-order valence-corrected chi connectivity index (χ3v) is 5.76. The van der Waals surface area contributed by atoms with E-state index in [-0.39, 0.29) is 5.25 Å². The van der Waals surface area contributed by atoms with E-state index in [9.17, 15) is 8.42 Å². The summed E-state index contributed by atoms with van der Waals surface area (Å²) in [6.07, 6.45) is 5.31. The van der Waals surface area contributed by atoms with E-state index in [1.807, 2.05) is 0 Å². The van der Waals surface area contributed by atoms with Crippen molar-refractivity contribution in [3.05, 3.63) is 0 Å².